The van der Waals surface area contributed by atoms with E-state index in [0.717, 1.165) is 21.0 Å². The number of anilines is 1. The van der Waals surface area contributed by atoms with Crippen LogP contribution in [0.3, 0.4) is 0 Å². The second-order valence-corrected chi connectivity index (χ2v) is 13.3. The van der Waals surface area contributed by atoms with Crippen molar-refractivity contribution in [3.05, 3.63) is 125 Å². The highest BCUT2D eigenvalue weighted by atomic mass is 35.5. The van der Waals surface area contributed by atoms with Gasteiger partial charge in [0.05, 0.1) is 17.7 Å². The molecule has 0 unspecified atom stereocenters. The van der Waals surface area contributed by atoms with Gasteiger partial charge in [0.2, 0.25) is 11.8 Å². The van der Waals surface area contributed by atoms with Crippen LogP contribution in [0.15, 0.2) is 108 Å². The molecule has 1 atom stereocenters. The number of nitrogens with one attached hydrogen (secondary N) is 1. The number of carbonyl (C=O) groups excluding carboxylic acids is 2. The molecular weight excluding hydrogens is 610 g/mol. The Kier molecular flexibility index (Phi) is 11.3. The van der Waals surface area contributed by atoms with Crippen LogP contribution in [-0.4, -0.2) is 50.9 Å². The molecule has 0 radical (unpaired) electrons. The molecule has 0 aliphatic rings. The summed E-state index contributed by atoms with van der Waals surface area (Å²) in [4.78, 5) is 29.8. The maximum Gasteiger partial charge on any atom is 0.264 e. The molecule has 0 heterocycles. The van der Waals surface area contributed by atoms with Crippen LogP contribution in [0.4, 0.5) is 5.69 Å². The van der Waals surface area contributed by atoms with Crippen molar-refractivity contribution in [2.75, 3.05) is 18.0 Å². The second-order valence-electron chi connectivity index (χ2n) is 11.0. The van der Waals surface area contributed by atoms with Crippen LogP contribution in [0.25, 0.3) is 0 Å². The van der Waals surface area contributed by atoms with Gasteiger partial charge in [-0.3, -0.25) is 13.9 Å². The average Bonchev–Trinajstić information content (AvgIpc) is 3.02. The second kappa shape index (κ2) is 15.1. The molecular formula is C35H38ClN3O5S. The minimum atomic E-state index is -4.26. The molecule has 0 saturated carbocycles. The van der Waals surface area contributed by atoms with E-state index in [9.17, 15) is 18.0 Å². The zero-order chi connectivity index (χ0) is 32.6. The Balaban J connectivity index is 1.81. The molecule has 8 nitrogen and oxygen atoms in total. The normalized spacial score (nSPS) is 12.0. The van der Waals surface area contributed by atoms with Gasteiger partial charge in [-0.25, -0.2) is 8.42 Å². The van der Waals surface area contributed by atoms with Crippen molar-refractivity contribution >= 4 is 39.1 Å². The number of ether oxygens (including phenoxy) is 1. The fourth-order valence-electron chi connectivity index (χ4n) is 4.94. The zero-order valence-corrected chi connectivity index (χ0v) is 27.4. The van der Waals surface area contributed by atoms with E-state index in [1.807, 2.05) is 75.4 Å². The summed E-state index contributed by atoms with van der Waals surface area (Å²) in [6.45, 7) is 5.17. The summed E-state index contributed by atoms with van der Waals surface area (Å²) >= 11 is 6.29. The lowest BCUT2D eigenvalue weighted by Gasteiger charge is -2.34. The van der Waals surface area contributed by atoms with E-state index < -0.39 is 28.5 Å². The predicted molar refractivity (Wildman–Crippen MR) is 178 cm³/mol. The van der Waals surface area contributed by atoms with Gasteiger partial charge >= 0.3 is 0 Å². The predicted octanol–water partition coefficient (Wildman–Crippen LogP) is 6.02. The summed E-state index contributed by atoms with van der Waals surface area (Å²) in [5.41, 5.74) is 2.86. The highest BCUT2D eigenvalue weighted by Gasteiger charge is 2.35. The first-order valence-corrected chi connectivity index (χ1v) is 16.4. The lowest BCUT2D eigenvalue weighted by molar-refractivity contribution is -0.140. The molecule has 0 fully saturated rings. The van der Waals surface area contributed by atoms with Crippen LogP contribution in [0, 0.1) is 6.92 Å². The van der Waals surface area contributed by atoms with Gasteiger partial charge in [0.1, 0.15) is 18.3 Å². The van der Waals surface area contributed by atoms with Crippen LogP contribution >= 0.6 is 11.6 Å². The van der Waals surface area contributed by atoms with Gasteiger partial charge in [0.15, 0.2) is 0 Å². The van der Waals surface area contributed by atoms with Crippen molar-refractivity contribution in [1.29, 1.82) is 0 Å². The summed E-state index contributed by atoms with van der Waals surface area (Å²) in [7, 11) is -2.77. The van der Waals surface area contributed by atoms with Crippen LogP contribution in [-0.2, 0) is 32.6 Å². The van der Waals surface area contributed by atoms with Crippen LogP contribution in [0.2, 0.25) is 5.02 Å². The monoisotopic (exact) mass is 647 g/mol. The Bertz CT molecular complexity index is 1710. The highest BCUT2D eigenvalue weighted by molar-refractivity contribution is 7.92. The fourth-order valence-corrected chi connectivity index (χ4v) is 6.53. The number of nitrogens with zero attached hydrogens (tertiary/aromatic N) is 2. The zero-order valence-electron chi connectivity index (χ0n) is 25.8. The molecule has 0 saturated heterocycles. The van der Waals surface area contributed by atoms with E-state index in [0.29, 0.717) is 10.8 Å². The summed E-state index contributed by atoms with van der Waals surface area (Å²) in [6.07, 6.45) is 0.236. The first-order valence-electron chi connectivity index (χ1n) is 14.6. The van der Waals surface area contributed by atoms with Crippen LogP contribution < -0.4 is 14.4 Å². The standard InChI is InChI=1S/C35H38ClN3O5S/c1-25(2)37-35(41)33(21-27-12-6-5-7-13-27)38(23-28-14-9-8-11-26(28)3)34(40)24-39(30-16-10-15-29(36)22-30)45(42,43)32-19-17-31(44-4)18-20-32/h5-20,22,25,33H,21,23-24H2,1-4H3,(H,37,41)/t33-/m1/s1. The third kappa shape index (κ3) is 8.65. The number of rotatable bonds is 13. The molecule has 4 rings (SSSR count). The van der Waals surface area contributed by atoms with Gasteiger partial charge in [0, 0.05) is 24.0 Å². The first kappa shape index (κ1) is 33.6. The Morgan fingerprint density at radius 2 is 1.56 bits per heavy atom. The van der Waals surface area contributed by atoms with E-state index in [1.165, 1.54) is 30.2 Å². The van der Waals surface area contributed by atoms with Crippen LogP contribution in [0.5, 0.6) is 5.75 Å². The summed E-state index contributed by atoms with van der Waals surface area (Å²) in [6, 6.07) is 28.2. The fraction of sp³-hybridized carbons (Fsp3) is 0.257. The number of amides is 2. The first-order chi connectivity index (χ1) is 21.5. The molecule has 0 aliphatic carbocycles. The molecule has 10 heteroatoms. The van der Waals surface area contributed by atoms with Gasteiger partial charge in [-0.15, -0.1) is 0 Å². The van der Waals surface area contributed by atoms with E-state index >= 15 is 0 Å². The molecule has 0 aromatic heterocycles. The maximum absolute atomic E-state index is 14.5. The van der Waals surface area contributed by atoms with Gasteiger partial charge in [-0.05, 0) is 79.9 Å². The Labute approximate surface area is 270 Å². The molecule has 4 aromatic rings. The van der Waals surface area contributed by atoms with Crippen molar-refractivity contribution in [1.82, 2.24) is 10.2 Å². The summed E-state index contributed by atoms with van der Waals surface area (Å²) < 4.78 is 34.5. The number of halogens is 1. The lowest BCUT2D eigenvalue weighted by Crippen LogP contribution is -2.54. The summed E-state index contributed by atoms with van der Waals surface area (Å²) in [5, 5.41) is 3.27. The Hall–Kier alpha value is -4.34. The van der Waals surface area contributed by atoms with Crippen molar-refractivity contribution in [2.24, 2.45) is 0 Å². The van der Waals surface area contributed by atoms with Crippen molar-refractivity contribution in [3.8, 4) is 5.75 Å². The molecule has 0 bridgehead atoms. The molecule has 1 N–H and O–H groups in total. The quantitative estimate of drug-likeness (QED) is 0.192. The van der Waals surface area contributed by atoms with Gasteiger partial charge in [0.25, 0.3) is 10.0 Å². The molecule has 2 amide bonds. The molecule has 45 heavy (non-hydrogen) atoms. The maximum atomic E-state index is 14.5. The van der Waals surface area contributed by atoms with Gasteiger partial charge in [-0.1, -0.05) is 72.3 Å². The van der Waals surface area contributed by atoms with Crippen molar-refractivity contribution in [3.63, 3.8) is 0 Å². The van der Waals surface area contributed by atoms with E-state index in [-0.39, 0.29) is 35.5 Å². The Morgan fingerprint density at radius 3 is 2.18 bits per heavy atom. The minimum absolute atomic E-state index is 0.0279. The SMILES string of the molecule is COc1ccc(S(=O)(=O)N(CC(=O)N(Cc2ccccc2C)[C@H](Cc2ccccc2)C(=O)NC(C)C)c2cccc(Cl)c2)cc1. The Morgan fingerprint density at radius 1 is 0.889 bits per heavy atom. The lowest BCUT2D eigenvalue weighted by atomic mass is 10.0. The number of sulfonamides is 1. The van der Waals surface area contributed by atoms with Gasteiger partial charge in [-0.2, -0.15) is 0 Å². The summed E-state index contributed by atoms with van der Waals surface area (Å²) in [5.74, 6) is -0.387. The van der Waals surface area contributed by atoms with Crippen molar-refractivity contribution < 1.29 is 22.7 Å². The van der Waals surface area contributed by atoms with Gasteiger partial charge < -0.3 is 15.0 Å². The van der Waals surface area contributed by atoms with E-state index in [1.54, 1.807) is 30.3 Å². The topological polar surface area (TPSA) is 96.0 Å². The van der Waals surface area contributed by atoms with E-state index in [4.69, 9.17) is 16.3 Å². The van der Waals surface area contributed by atoms with E-state index in [2.05, 4.69) is 5.32 Å². The number of methoxy groups -OCH3 is 1. The average molecular weight is 648 g/mol. The highest BCUT2D eigenvalue weighted by Crippen LogP contribution is 2.28. The number of benzene rings is 4. The molecule has 0 spiro atoms. The number of hydrogen-bond acceptors (Lipinski definition) is 5. The number of hydrogen-bond donors (Lipinski definition) is 1. The molecule has 236 valence electrons. The van der Waals surface area contributed by atoms with Crippen LogP contribution in [0.1, 0.15) is 30.5 Å². The largest absolute Gasteiger partial charge is 0.497 e. The molecule has 4 aromatic carbocycles. The minimum Gasteiger partial charge on any atom is -0.497 e. The van der Waals surface area contributed by atoms with Crippen molar-refractivity contribution in [2.45, 2.75) is 50.7 Å². The number of aryl methyl sites for hydroxylation is 1. The number of carbonyl (C=O) groups is 2. The smallest absolute Gasteiger partial charge is 0.264 e. The third-order valence-electron chi connectivity index (χ3n) is 7.33. The molecule has 0 aliphatic heterocycles. The third-order valence-corrected chi connectivity index (χ3v) is 9.35.